The molecule has 7 fully saturated rings. The van der Waals surface area contributed by atoms with Gasteiger partial charge in [0, 0.05) is 69.3 Å². The predicted molar refractivity (Wildman–Crippen MR) is 378 cm³/mol. The molecule has 5 aliphatic carbocycles. The second kappa shape index (κ2) is 36.7. The van der Waals surface area contributed by atoms with Crippen molar-refractivity contribution in [2.24, 2.45) is 41.4 Å². The summed E-state index contributed by atoms with van der Waals surface area (Å²) in [6.07, 6.45) is -12.2. The largest absolute Gasteiger partial charge is 0.397 e. The number of hydrogen-bond donors (Lipinski definition) is 3. The van der Waals surface area contributed by atoms with Crippen LogP contribution >= 0.6 is 0 Å². The fourth-order valence-electron chi connectivity index (χ4n) is 17.8. The molecular weight excluding hydrogens is 1430 g/mol. The van der Waals surface area contributed by atoms with Crippen LogP contribution in [0.25, 0.3) is 0 Å². The van der Waals surface area contributed by atoms with E-state index < -0.39 is 249 Å². The Bertz CT molecular complexity index is 3260. The summed E-state index contributed by atoms with van der Waals surface area (Å²) < 4.78 is 131. The van der Waals surface area contributed by atoms with Crippen molar-refractivity contribution in [1.29, 1.82) is 0 Å². The molecule has 1 spiro atoms. The van der Waals surface area contributed by atoms with Crippen molar-refractivity contribution < 1.29 is 97.0 Å². The van der Waals surface area contributed by atoms with Gasteiger partial charge in [0.05, 0.1) is 32.0 Å². The maximum atomic E-state index is 16.1. The van der Waals surface area contributed by atoms with Crippen LogP contribution in [0.1, 0.15) is 181 Å². The second-order valence-electron chi connectivity index (χ2n) is 32.4. The van der Waals surface area contributed by atoms with E-state index in [1.165, 1.54) is 76.0 Å². The van der Waals surface area contributed by atoms with Crippen molar-refractivity contribution in [1.82, 2.24) is 60.0 Å². The van der Waals surface area contributed by atoms with Gasteiger partial charge in [0.2, 0.25) is 70.9 Å². The van der Waals surface area contributed by atoms with Gasteiger partial charge in [0.25, 0.3) is 0 Å². The van der Waals surface area contributed by atoms with Crippen LogP contribution in [0, 0.1) is 41.4 Å². The third-order valence-corrected chi connectivity index (χ3v) is 24.8. The van der Waals surface area contributed by atoms with Crippen LogP contribution in [-0.4, -0.2) is 282 Å². The Morgan fingerprint density at radius 2 is 1.19 bits per heavy atom. The third-order valence-electron chi connectivity index (χ3n) is 24.8. The van der Waals surface area contributed by atoms with E-state index >= 15 is 46.7 Å². The van der Waals surface area contributed by atoms with Crippen molar-refractivity contribution in [3.05, 3.63) is 12.2 Å². The van der Waals surface area contributed by atoms with Gasteiger partial charge in [0.1, 0.15) is 78.3 Å². The second-order valence-corrected chi connectivity index (χ2v) is 32.4. The molecule has 0 radical (unpaired) electrons. The first-order chi connectivity index (χ1) is 50.7. The summed E-state index contributed by atoms with van der Waals surface area (Å²) in [6.45, 7) is 0.966. The van der Waals surface area contributed by atoms with Crippen molar-refractivity contribution in [3.63, 3.8) is 0 Å². The Hall–Kier alpha value is -7.25. The number of rotatable bonds is 11. The summed E-state index contributed by atoms with van der Waals surface area (Å²) in [5.41, 5.74) is -1.77. The zero-order valence-electron chi connectivity index (χ0n) is 64.1. The Morgan fingerprint density at radius 3 is 1.76 bits per heavy atom. The number of likely N-dealkylation sites (N-methyl/N-ethyl adjacent to an activating group) is 7. The number of amides is 12. The van der Waals surface area contributed by atoms with Gasteiger partial charge in [-0.1, -0.05) is 70.9 Å². The lowest BCUT2D eigenvalue weighted by Gasteiger charge is -2.46. The average Bonchev–Trinajstić information content (AvgIpc) is 1.20. The highest BCUT2D eigenvalue weighted by atomic mass is 19.4. The Labute approximate surface area is 627 Å². The lowest BCUT2D eigenvalue weighted by molar-refractivity contribution is -0.219. The summed E-state index contributed by atoms with van der Waals surface area (Å²) in [7, 11) is 10.8. The molecule has 5 saturated carbocycles. The zero-order valence-corrected chi connectivity index (χ0v) is 64.1. The number of hydrogen-bond acceptors (Lipinski definition) is 12. The number of alkyl halides is 9. The van der Waals surface area contributed by atoms with E-state index in [0.29, 0.717) is 38.5 Å². The quantitative estimate of drug-likeness (QED) is 0.142. The molecule has 2 saturated heterocycles. The Kier molecular flexibility index (Phi) is 29.4. The summed E-state index contributed by atoms with van der Waals surface area (Å²) >= 11 is 0. The molecule has 608 valence electrons. The predicted octanol–water partition coefficient (Wildman–Crippen LogP) is 6.82. The fourth-order valence-corrected chi connectivity index (χ4v) is 17.8. The molecular formula is C75H113F9N12O12. The number of carbonyl (C=O) groups is 12. The highest BCUT2D eigenvalue weighted by Crippen LogP contribution is 2.46. The minimum absolute atomic E-state index is 0.00284. The smallest absolute Gasteiger partial charge is 0.347 e. The third kappa shape index (κ3) is 20.5. The highest BCUT2D eigenvalue weighted by Gasteiger charge is 2.56. The molecule has 12 atom stereocenters. The number of nitrogens with zero attached hydrogens (tertiary/aromatic N) is 9. The van der Waals surface area contributed by atoms with Crippen LogP contribution in [0.2, 0.25) is 0 Å². The van der Waals surface area contributed by atoms with Crippen LogP contribution in [0.15, 0.2) is 12.2 Å². The molecule has 0 aromatic rings. The van der Waals surface area contributed by atoms with Crippen molar-refractivity contribution in [2.45, 2.75) is 266 Å². The maximum Gasteiger partial charge on any atom is 0.397 e. The van der Waals surface area contributed by atoms with Crippen LogP contribution < -0.4 is 16.0 Å². The molecule has 2 bridgehead atoms. The van der Waals surface area contributed by atoms with Gasteiger partial charge in [-0.05, 0) is 139 Å². The number of halogens is 9. The van der Waals surface area contributed by atoms with Gasteiger partial charge in [-0.2, -0.15) is 26.3 Å². The fraction of sp³-hybridized carbons (Fsp3) is 0.813. The van der Waals surface area contributed by atoms with Crippen LogP contribution in [-0.2, 0) is 57.5 Å². The van der Waals surface area contributed by atoms with Gasteiger partial charge in [-0.15, -0.1) is 0 Å². The highest BCUT2D eigenvalue weighted by molar-refractivity contribution is 6.01. The SMILES string of the molecule is CC[C@H](C)[C@@H]1NC(=O)[C@H](CC2CCCC2)N(C)C(=O)C[C@@H](C(=O)N(C)C)N(C)C(=O)[C@H](C2CCCC2)N(C)C(=O)C2(CCC2)NC(=O)[C@@H]2C[C@@H](F)CN2C(=O)[C@H](CCC2CC(F)C(C(F)(F)F)C(F)C2)NC(=O)CN(C)C(=O)[C@H](CC2CCC(C(F)(F)F)CC2)N2CC/C=C\C[C@@H](C2=O)N(C)C(=O)CN(C)C1=O. The number of nitrogens with one attached hydrogen (secondary N) is 3. The first-order valence-electron chi connectivity index (χ1n) is 38.7. The van der Waals surface area contributed by atoms with Gasteiger partial charge in [-0.25, -0.2) is 13.2 Å². The van der Waals surface area contributed by atoms with E-state index in [2.05, 4.69) is 16.0 Å². The molecule has 24 nitrogen and oxygen atoms in total. The maximum absolute atomic E-state index is 16.1. The van der Waals surface area contributed by atoms with E-state index in [0.717, 1.165) is 50.2 Å². The molecule has 8 aliphatic rings. The number of carbonyl (C=O) groups excluding carboxylic acids is 12. The van der Waals surface area contributed by atoms with Gasteiger partial charge < -0.3 is 60.0 Å². The summed E-state index contributed by atoms with van der Waals surface area (Å²) in [5, 5.41) is 8.21. The normalized spacial score (nSPS) is 32.8. The van der Waals surface area contributed by atoms with Crippen molar-refractivity contribution in [3.8, 4) is 0 Å². The first kappa shape index (κ1) is 86.3. The molecule has 108 heavy (non-hydrogen) atoms. The zero-order chi connectivity index (χ0) is 79.8. The molecule has 12 amide bonds. The minimum atomic E-state index is -5.24. The van der Waals surface area contributed by atoms with E-state index in [4.69, 9.17) is 0 Å². The first-order valence-corrected chi connectivity index (χ1v) is 38.7. The van der Waals surface area contributed by atoms with Gasteiger partial charge >= 0.3 is 12.4 Å². The standard InChI is InChI=1S/C75H113F9N12O12/c1-11-43(2)62-70(106)90(6)42-60(99)91(7)53-24-13-12-18-33-95(69(53)105)57(37-45-25-28-48(29-26-45)74(79,80)81)68(104)89(5)41-58(97)85-52(30-27-46-34-50(77)61(51(78)35-46)75(82,83)84)66(102)96-40-49(76)38-55(96)65(101)87-73(31-19-32-73)72(108)94(10)63(47-22-16-17-23-47)71(107)93(9)56(67(103)88(3)4)39-59(98)92(8)54(64(100)86-62)36-44-20-14-15-21-44/h12-13,43-57,61-63H,11,14-42H2,1-10H3,(H,85,97)(H,86,100)(H,87,101)/b13-12-/t43-,45?,46?,48?,49+,50?,51?,52-,53-,54-,55-,56-,57-,61?,62-,63-/m0/s1. The van der Waals surface area contributed by atoms with Crippen molar-refractivity contribution in [2.75, 3.05) is 82.6 Å². The lowest BCUT2D eigenvalue weighted by Crippen LogP contribution is -2.68. The summed E-state index contributed by atoms with van der Waals surface area (Å²) in [5.74, 6) is -17.5. The molecule has 0 aromatic heterocycles. The van der Waals surface area contributed by atoms with E-state index in [9.17, 15) is 50.3 Å². The molecule has 8 rings (SSSR count). The lowest BCUT2D eigenvalue weighted by atomic mass is 9.74. The number of fused-ring (bicyclic) bond motifs is 3. The molecule has 3 N–H and O–H groups in total. The summed E-state index contributed by atoms with van der Waals surface area (Å²) in [4.78, 5) is 191. The van der Waals surface area contributed by atoms with Crippen LogP contribution in [0.3, 0.4) is 0 Å². The van der Waals surface area contributed by atoms with Gasteiger partial charge in [-0.3, -0.25) is 57.5 Å². The monoisotopic (exact) mass is 1540 g/mol. The van der Waals surface area contributed by atoms with E-state index in [1.54, 1.807) is 26.0 Å². The van der Waals surface area contributed by atoms with Crippen LogP contribution in [0.5, 0.6) is 0 Å². The summed E-state index contributed by atoms with van der Waals surface area (Å²) in [6, 6.07) is -11.8. The molecule has 3 heterocycles. The Balaban J connectivity index is 1.19. The molecule has 2 unspecified atom stereocenters. The van der Waals surface area contributed by atoms with E-state index in [-0.39, 0.29) is 76.7 Å². The molecule has 0 aromatic carbocycles. The minimum Gasteiger partial charge on any atom is -0.347 e. The van der Waals surface area contributed by atoms with Gasteiger partial charge in [0.15, 0.2) is 0 Å². The Morgan fingerprint density at radius 1 is 0.593 bits per heavy atom. The molecule has 33 heteroatoms. The van der Waals surface area contributed by atoms with Crippen molar-refractivity contribution >= 4 is 70.9 Å². The van der Waals surface area contributed by atoms with Crippen LogP contribution in [0.4, 0.5) is 39.5 Å². The topological polar surface area (TPSA) is 270 Å². The average molecular weight is 1550 g/mol. The van der Waals surface area contributed by atoms with E-state index in [1.807, 2.05) is 0 Å². The molecule has 3 aliphatic heterocycles.